The van der Waals surface area contributed by atoms with Crippen LogP contribution in [0, 0.1) is 0 Å². The SMILES string of the molecule is CCC(C)N1CCN(C(=O)CN2CCN(C3=CCC=C(Cl)C=C3)CC2)CC1. The lowest BCUT2D eigenvalue weighted by molar-refractivity contribution is -0.134. The first kappa shape index (κ1) is 20.4. The fraction of sp³-hybridized carbons (Fsp3) is 0.667. The molecule has 0 aromatic heterocycles. The van der Waals surface area contributed by atoms with E-state index in [0.717, 1.165) is 63.8 Å². The van der Waals surface area contributed by atoms with Crippen LogP contribution in [0.4, 0.5) is 0 Å². The minimum absolute atomic E-state index is 0.289. The molecular weight excluding hydrogens is 360 g/mol. The van der Waals surface area contributed by atoms with E-state index in [4.69, 9.17) is 11.6 Å². The third kappa shape index (κ3) is 5.59. The standard InChI is InChI=1S/C21H33ClN4O/c1-3-18(2)24-13-15-26(16-14-24)21(27)17-23-9-11-25(12-10-23)20-6-4-5-19(22)7-8-20/h5-8,18H,3-4,9-17H2,1-2H3. The van der Waals surface area contributed by atoms with Crippen molar-refractivity contribution in [2.75, 3.05) is 58.9 Å². The molecule has 1 unspecified atom stereocenters. The lowest BCUT2D eigenvalue weighted by atomic mass is 10.2. The van der Waals surface area contributed by atoms with Crippen molar-refractivity contribution < 1.29 is 4.79 Å². The Morgan fingerprint density at radius 2 is 1.74 bits per heavy atom. The normalized spacial score (nSPS) is 23.7. The van der Waals surface area contributed by atoms with Gasteiger partial charge in [0.25, 0.3) is 0 Å². The van der Waals surface area contributed by atoms with Crippen LogP contribution in [0.3, 0.4) is 0 Å². The van der Waals surface area contributed by atoms with Gasteiger partial charge in [-0.15, -0.1) is 0 Å². The van der Waals surface area contributed by atoms with Crippen LogP contribution in [0.2, 0.25) is 0 Å². The molecule has 3 rings (SSSR count). The van der Waals surface area contributed by atoms with E-state index in [1.807, 2.05) is 12.2 Å². The summed E-state index contributed by atoms with van der Waals surface area (Å²) in [5.41, 5.74) is 1.24. The summed E-state index contributed by atoms with van der Waals surface area (Å²) in [4.78, 5) is 21.9. The summed E-state index contributed by atoms with van der Waals surface area (Å²) in [5, 5.41) is 0.805. The molecule has 6 heteroatoms. The molecule has 0 radical (unpaired) electrons. The lowest BCUT2D eigenvalue weighted by Gasteiger charge is -2.40. The van der Waals surface area contributed by atoms with Crippen molar-refractivity contribution in [3.8, 4) is 0 Å². The van der Waals surface area contributed by atoms with Crippen molar-refractivity contribution in [3.05, 3.63) is 35.0 Å². The molecule has 0 spiro atoms. The Morgan fingerprint density at radius 1 is 1.04 bits per heavy atom. The molecule has 2 heterocycles. The van der Waals surface area contributed by atoms with E-state index < -0.39 is 0 Å². The first-order valence-electron chi connectivity index (χ1n) is 10.3. The van der Waals surface area contributed by atoms with E-state index in [1.165, 1.54) is 12.1 Å². The molecule has 3 aliphatic rings. The second-order valence-corrected chi connectivity index (χ2v) is 8.16. The molecule has 2 aliphatic heterocycles. The maximum atomic E-state index is 12.7. The molecular formula is C21H33ClN4O. The molecule has 2 saturated heterocycles. The van der Waals surface area contributed by atoms with Crippen LogP contribution in [0.15, 0.2) is 35.0 Å². The molecule has 1 amide bonds. The van der Waals surface area contributed by atoms with E-state index in [9.17, 15) is 4.79 Å². The van der Waals surface area contributed by atoms with Gasteiger partial charge in [0.15, 0.2) is 0 Å². The van der Waals surface area contributed by atoms with Gasteiger partial charge in [-0.05, 0) is 31.9 Å². The highest BCUT2D eigenvalue weighted by molar-refractivity contribution is 6.31. The maximum Gasteiger partial charge on any atom is 0.236 e. The molecule has 0 aromatic rings. The van der Waals surface area contributed by atoms with Crippen molar-refractivity contribution >= 4 is 17.5 Å². The zero-order chi connectivity index (χ0) is 19.2. The summed E-state index contributed by atoms with van der Waals surface area (Å²) >= 11 is 6.08. The highest BCUT2D eigenvalue weighted by atomic mass is 35.5. The largest absolute Gasteiger partial charge is 0.369 e. The molecule has 150 valence electrons. The summed E-state index contributed by atoms with van der Waals surface area (Å²) in [7, 11) is 0. The Hall–Kier alpha value is -1.30. The number of rotatable bonds is 5. The molecule has 1 atom stereocenters. The number of carbonyl (C=O) groups is 1. The lowest BCUT2D eigenvalue weighted by Crippen LogP contribution is -2.54. The van der Waals surface area contributed by atoms with Crippen LogP contribution in [0.5, 0.6) is 0 Å². The Bertz CT molecular complexity index is 599. The van der Waals surface area contributed by atoms with E-state index in [1.54, 1.807) is 0 Å². The van der Waals surface area contributed by atoms with Crippen molar-refractivity contribution in [2.45, 2.75) is 32.7 Å². The number of hydrogen-bond donors (Lipinski definition) is 0. The minimum atomic E-state index is 0.289. The van der Waals surface area contributed by atoms with Crippen LogP contribution >= 0.6 is 11.6 Å². The Balaban J connectivity index is 1.41. The average Bonchev–Trinajstić information content (AvgIpc) is 2.92. The number of hydrogen-bond acceptors (Lipinski definition) is 4. The third-order valence-electron chi connectivity index (χ3n) is 6.03. The van der Waals surface area contributed by atoms with Crippen LogP contribution in [-0.2, 0) is 4.79 Å². The molecule has 27 heavy (non-hydrogen) atoms. The Labute approximate surface area is 168 Å². The van der Waals surface area contributed by atoms with Crippen molar-refractivity contribution in [1.82, 2.24) is 19.6 Å². The van der Waals surface area contributed by atoms with E-state index in [0.29, 0.717) is 12.6 Å². The highest BCUT2D eigenvalue weighted by Gasteiger charge is 2.26. The molecule has 0 bridgehead atoms. The predicted octanol–water partition coefficient (Wildman–Crippen LogP) is 2.51. The van der Waals surface area contributed by atoms with Crippen LogP contribution < -0.4 is 0 Å². The first-order chi connectivity index (χ1) is 13.1. The maximum absolute atomic E-state index is 12.7. The quantitative estimate of drug-likeness (QED) is 0.719. The molecule has 0 aromatic carbocycles. The number of amides is 1. The van der Waals surface area contributed by atoms with E-state index in [-0.39, 0.29) is 5.91 Å². The number of carbonyl (C=O) groups excluding carboxylic acids is 1. The van der Waals surface area contributed by atoms with Gasteiger partial charge < -0.3 is 9.80 Å². The van der Waals surface area contributed by atoms with Gasteiger partial charge in [-0.25, -0.2) is 0 Å². The second-order valence-electron chi connectivity index (χ2n) is 7.72. The van der Waals surface area contributed by atoms with Crippen molar-refractivity contribution in [2.24, 2.45) is 0 Å². The highest BCUT2D eigenvalue weighted by Crippen LogP contribution is 2.18. The molecule has 5 nitrogen and oxygen atoms in total. The first-order valence-corrected chi connectivity index (χ1v) is 10.7. The average molecular weight is 393 g/mol. The summed E-state index contributed by atoms with van der Waals surface area (Å²) in [6, 6.07) is 0.618. The predicted molar refractivity (Wildman–Crippen MR) is 112 cm³/mol. The van der Waals surface area contributed by atoms with Crippen LogP contribution in [0.25, 0.3) is 0 Å². The van der Waals surface area contributed by atoms with Gasteiger partial charge in [-0.3, -0.25) is 14.6 Å². The smallest absolute Gasteiger partial charge is 0.236 e. The van der Waals surface area contributed by atoms with Crippen LogP contribution in [-0.4, -0.2) is 90.5 Å². The number of halogens is 1. The summed E-state index contributed by atoms with van der Waals surface area (Å²) in [6.45, 7) is 12.6. The van der Waals surface area contributed by atoms with Gasteiger partial charge in [-0.1, -0.05) is 30.7 Å². The monoisotopic (exact) mass is 392 g/mol. The molecule has 0 saturated carbocycles. The second kappa shape index (κ2) is 9.76. The Kier molecular flexibility index (Phi) is 7.39. The van der Waals surface area contributed by atoms with Gasteiger partial charge in [0, 0.05) is 69.1 Å². The van der Waals surface area contributed by atoms with Gasteiger partial charge in [0.2, 0.25) is 5.91 Å². The topological polar surface area (TPSA) is 30.0 Å². The van der Waals surface area contributed by atoms with Crippen molar-refractivity contribution in [1.29, 1.82) is 0 Å². The minimum Gasteiger partial charge on any atom is -0.369 e. The number of allylic oxidation sites excluding steroid dienone is 5. The molecule has 2 fully saturated rings. The van der Waals surface area contributed by atoms with Crippen LogP contribution in [0.1, 0.15) is 26.7 Å². The summed E-state index contributed by atoms with van der Waals surface area (Å²) < 4.78 is 0. The fourth-order valence-corrected chi connectivity index (χ4v) is 4.11. The number of piperazine rings is 2. The summed E-state index contributed by atoms with van der Waals surface area (Å²) in [6.07, 6.45) is 10.4. The zero-order valence-electron chi connectivity index (χ0n) is 16.7. The van der Waals surface area contributed by atoms with Gasteiger partial charge in [0.1, 0.15) is 0 Å². The van der Waals surface area contributed by atoms with E-state index in [2.05, 4.69) is 45.6 Å². The molecule has 0 N–H and O–H groups in total. The fourth-order valence-electron chi connectivity index (χ4n) is 3.95. The zero-order valence-corrected chi connectivity index (χ0v) is 17.5. The summed E-state index contributed by atoms with van der Waals surface area (Å²) in [5.74, 6) is 0.289. The van der Waals surface area contributed by atoms with Gasteiger partial charge in [0.05, 0.1) is 6.54 Å². The van der Waals surface area contributed by atoms with Crippen molar-refractivity contribution in [3.63, 3.8) is 0 Å². The van der Waals surface area contributed by atoms with Gasteiger partial charge in [-0.2, -0.15) is 0 Å². The number of nitrogens with zero attached hydrogens (tertiary/aromatic N) is 4. The van der Waals surface area contributed by atoms with Gasteiger partial charge >= 0.3 is 0 Å². The Morgan fingerprint density at radius 3 is 2.41 bits per heavy atom. The van der Waals surface area contributed by atoms with E-state index >= 15 is 0 Å². The third-order valence-corrected chi connectivity index (χ3v) is 6.31. The molecule has 1 aliphatic carbocycles.